The Morgan fingerprint density at radius 1 is 1.04 bits per heavy atom. The molecular formula is C15H13F3N2O4S. The molecule has 1 amide bonds. The average molecular weight is 374 g/mol. The van der Waals surface area contributed by atoms with Crippen molar-refractivity contribution in [2.45, 2.75) is 18.2 Å². The highest BCUT2D eigenvalue weighted by molar-refractivity contribution is 7.92. The molecule has 2 aromatic carbocycles. The van der Waals surface area contributed by atoms with E-state index in [9.17, 15) is 26.4 Å². The van der Waals surface area contributed by atoms with Crippen LogP contribution in [0, 0.1) is 0 Å². The molecule has 0 heterocycles. The highest BCUT2D eigenvalue weighted by Crippen LogP contribution is 2.26. The van der Waals surface area contributed by atoms with Gasteiger partial charge in [0.1, 0.15) is 5.75 Å². The van der Waals surface area contributed by atoms with Gasteiger partial charge in [-0.1, -0.05) is 6.07 Å². The third-order valence-electron chi connectivity index (χ3n) is 2.81. The summed E-state index contributed by atoms with van der Waals surface area (Å²) in [7, 11) is -4.11. The summed E-state index contributed by atoms with van der Waals surface area (Å²) in [6, 6.07) is 9.78. The van der Waals surface area contributed by atoms with Crippen molar-refractivity contribution < 1.29 is 31.1 Å². The van der Waals surface area contributed by atoms with Crippen molar-refractivity contribution in [2.75, 3.05) is 10.0 Å². The molecule has 0 spiro atoms. The minimum Gasteiger partial charge on any atom is -0.406 e. The number of rotatable bonds is 5. The maximum atomic E-state index is 12.3. The standard InChI is InChI=1S/C15H13F3N2O4S/c1-10(21)19-11-5-7-12(8-6-11)20-25(22,23)14-4-2-3-13(9-14)24-15(16,17)18/h2-9,20H,1H3,(H,19,21). The maximum Gasteiger partial charge on any atom is 0.573 e. The van der Waals surface area contributed by atoms with Crippen molar-refractivity contribution in [3.05, 3.63) is 48.5 Å². The fraction of sp³-hybridized carbons (Fsp3) is 0.133. The van der Waals surface area contributed by atoms with E-state index in [-0.39, 0.29) is 16.5 Å². The number of halogens is 3. The Balaban J connectivity index is 2.19. The molecule has 2 rings (SSSR count). The Hall–Kier alpha value is -2.75. The van der Waals surface area contributed by atoms with E-state index in [0.29, 0.717) is 5.69 Å². The normalized spacial score (nSPS) is 11.7. The van der Waals surface area contributed by atoms with Crippen LogP contribution in [-0.4, -0.2) is 20.7 Å². The highest BCUT2D eigenvalue weighted by atomic mass is 32.2. The Kier molecular flexibility index (Phi) is 5.21. The van der Waals surface area contributed by atoms with Gasteiger partial charge in [0, 0.05) is 24.4 Å². The van der Waals surface area contributed by atoms with Gasteiger partial charge in [0.05, 0.1) is 4.90 Å². The van der Waals surface area contributed by atoms with E-state index >= 15 is 0 Å². The second-order valence-corrected chi connectivity index (χ2v) is 6.57. The average Bonchev–Trinajstić information content (AvgIpc) is 2.47. The predicted octanol–water partition coefficient (Wildman–Crippen LogP) is 3.34. The van der Waals surface area contributed by atoms with Crippen LogP contribution in [0.25, 0.3) is 0 Å². The first-order chi connectivity index (χ1) is 11.5. The van der Waals surface area contributed by atoms with Gasteiger partial charge in [-0.3, -0.25) is 9.52 Å². The molecule has 0 atom stereocenters. The number of amides is 1. The van der Waals surface area contributed by atoms with E-state index in [0.717, 1.165) is 24.3 Å². The summed E-state index contributed by atoms with van der Waals surface area (Å²) in [6.45, 7) is 1.33. The number of carbonyl (C=O) groups is 1. The van der Waals surface area contributed by atoms with Crippen LogP contribution in [0.5, 0.6) is 5.75 Å². The van der Waals surface area contributed by atoms with Crippen LogP contribution in [0.4, 0.5) is 24.5 Å². The van der Waals surface area contributed by atoms with Gasteiger partial charge in [-0.05, 0) is 36.4 Å². The number of carbonyl (C=O) groups excluding carboxylic acids is 1. The van der Waals surface area contributed by atoms with E-state index in [1.807, 2.05) is 0 Å². The number of ether oxygens (including phenoxy) is 1. The molecule has 2 aromatic rings. The zero-order valence-electron chi connectivity index (χ0n) is 12.8. The van der Waals surface area contributed by atoms with Gasteiger partial charge in [0.15, 0.2) is 0 Å². The van der Waals surface area contributed by atoms with Crippen molar-refractivity contribution in [2.24, 2.45) is 0 Å². The summed E-state index contributed by atoms with van der Waals surface area (Å²) in [6.07, 6.45) is -4.92. The van der Waals surface area contributed by atoms with Crippen molar-refractivity contribution >= 4 is 27.3 Å². The van der Waals surface area contributed by atoms with E-state index in [4.69, 9.17) is 0 Å². The third kappa shape index (κ3) is 5.68. The number of alkyl halides is 3. The topological polar surface area (TPSA) is 84.5 Å². The minimum atomic E-state index is -4.92. The lowest BCUT2D eigenvalue weighted by Gasteiger charge is -2.12. The molecular weight excluding hydrogens is 361 g/mol. The summed E-state index contributed by atoms with van der Waals surface area (Å²) in [5, 5.41) is 2.52. The van der Waals surface area contributed by atoms with Crippen LogP contribution in [-0.2, 0) is 14.8 Å². The smallest absolute Gasteiger partial charge is 0.406 e. The largest absolute Gasteiger partial charge is 0.573 e. The van der Waals surface area contributed by atoms with Gasteiger partial charge in [-0.15, -0.1) is 13.2 Å². The minimum absolute atomic E-state index is 0.177. The first-order valence-electron chi connectivity index (χ1n) is 6.81. The molecule has 134 valence electrons. The summed E-state index contributed by atoms with van der Waals surface area (Å²) in [4.78, 5) is 10.5. The van der Waals surface area contributed by atoms with Crippen LogP contribution in [0.1, 0.15) is 6.92 Å². The van der Waals surface area contributed by atoms with Gasteiger partial charge < -0.3 is 10.1 Å². The van der Waals surface area contributed by atoms with Crippen LogP contribution >= 0.6 is 0 Å². The first kappa shape index (κ1) is 18.6. The second-order valence-electron chi connectivity index (χ2n) is 4.89. The molecule has 0 aliphatic heterocycles. The lowest BCUT2D eigenvalue weighted by Crippen LogP contribution is -2.18. The van der Waals surface area contributed by atoms with Gasteiger partial charge in [0.2, 0.25) is 5.91 Å². The summed E-state index contributed by atoms with van der Waals surface area (Å²) in [5.74, 6) is -0.925. The van der Waals surface area contributed by atoms with Crippen molar-refractivity contribution in [1.29, 1.82) is 0 Å². The second kappa shape index (κ2) is 7.01. The van der Waals surface area contributed by atoms with Crippen molar-refractivity contribution in [3.63, 3.8) is 0 Å². The Morgan fingerprint density at radius 2 is 1.64 bits per heavy atom. The zero-order chi connectivity index (χ0) is 18.7. The lowest BCUT2D eigenvalue weighted by atomic mass is 10.3. The van der Waals surface area contributed by atoms with E-state index in [1.54, 1.807) is 0 Å². The Labute approximate surface area is 141 Å². The molecule has 0 aliphatic carbocycles. The predicted molar refractivity (Wildman–Crippen MR) is 84.7 cm³/mol. The van der Waals surface area contributed by atoms with Crippen LogP contribution in [0.15, 0.2) is 53.4 Å². The van der Waals surface area contributed by atoms with Crippen LogP contribution in [0.2, 0.25) is 0 Å². The molecule has 6 nitrogen and oxygen atoms in total. The molecule has 0 unspecified atom stereocenters. The van der Waals surface area contributed by atoms with Gasteiger partial charge in [0.25, 0.3) is 10.0 Å². The zero-order valence-corrected chi connectivity index (χ0v) is 13.6. The first-order valence-corrected chi connectivity index (χ1v) is 8.30. The van der Waals surface area contributed by atoms with Gasteiger partial charge in [-0.25, -0.2) is 8.42 Å². The Bertz CT molecular complexity index is 865. The summed E-state index contributed by atoms with van der Waals surface area (Å²) in [5.41, 5.74) is 0.646. The Morgan fingerprint density at radius 3 is 2.20 bits per heavy atom. The maximum absolute atomic E-state index is 12.3. The van der Waals surface area contributed by atoms with Gasteiger partial charge in [-0.2, -0.15) is 0 Å². The molecule has 10 heteroatoms. The van der Waals surface area contributed by atoms with E-state index < -0.39 is 22.1 Å². The summed E-state index contributed by atoms with van der Waals surface area (Å²) >= 11 is 0. The molecule has 25 heavy (non-hydrogen) atoms. The SMILES string of the molecule is CC(=O)Nc1ccc(NS(=O)(=O)c2cccc(OC(F)(F)F)c2)cc1. The number of nitrogens with one attached hydrogen (secondary N) is 2. The molecule has 2 N–H and O–H groups in total. The van der Waals surface area contributed by atoms with Gasteiger partial charge >= 0.3 is 6.36 Å². The molecule has 0 aromatic heterocycles. The quantitative estimate of drug-likeness (QED) is 0.841. The number of anilines is 2. The van der Waals surface area contributed by atoms with E-state index in [2.05, 4.69) is 14.8 Å². The molecule has 0 saturated carbocycles. The lowest BCUT2D eigenvalue weighted by molar-refractivity contribution is -0.274. The fourth-order valence-electron chi connectivity index (χ4n) is 1.88. The van der Waals surface area contributed by atoms with Crippen molar-refractivity contribution in [1.82, 2.24) is 0 Å². The number of hydrogen-bond donors (Lipinski definition) is 2. The monoisotopic (exact) mass is 374 g/mol. The molecule has 0 bridgehead atoms. The summed E-state index contributed by atoms with van der Waals surface area (Å²) < 4.78 is 67.1. The third-order valence-corrected chi connectivity index (χ3v) is 4.19. The molecule has 0 radical (unpaired) electrons. The van der Waals surface area contributed by atoms with Crippen LogP contribution < -0.4 is 14.8 Å². The van der Waals surface area contributed by atoms with Crippen molar-refractivity contribution in [3.8, 4) is 5.75 Å². The number of hydrogen-bond acceptors (Lipinski definition) is 4. The molecule has 0 fully saturated rings. The van der Waals surface area contributed by atoms with E-state index in [1.165, 1.54) is 31.2 Å². The molecule has 0 aliphatic rings. The number of sulfonamides is 1. The fourth-order valence-corrected chi connectivity index (χ4v) is 2.97. The molecule has 0 saturated heterocycles. The van der Waals surface area contributed by atoms with Crippen LogP contribution in [0.3, 0.4) is 0 Å². The number of benzene rings is 2. The highest BCUT2D eigenvalue weighted by Gasteiger charge is 2.31.